The van der Waals surface area contributed by atoms with Crippen LogP contribution in [0.4, 0.5) is 10.8 Å². The molecule has 4 aliphatic heterocycles. The third-order valence-electron chi connectivity index (χ3n) is 10.6. The van der Waals surface area contributed by atoms with Gasteiger partial charge in [0, 0.05) is 83.3 Å². The summed E-state index contributed by atoms with van der Waals surface area (Å²) in [4.78, 5) is 45.2. The molecule has 1 aromatic carbocycles. The van der Waals surface area contributed by atoms with Gasteiger partial charge in [-0.2, -0.15) is 10.4 Å². The number of carbonyl (C=O) groups excluding carboxylic acids is 3. The van der Waals surface area contributed by atoms with Crippen LogP contribution in [0.25, 0.3) is 27.5 Å². The summed E-state index contributed by atoms with van der Waals surface area (Å²) < 4.78 is 7.41. The number of imide groups is 1. The maximum atomic E-state index is 13.2. The number of hydrogen-bond acceptors (Lipinski definition) is 13. The number of hydrogen-bond donors (Lipinski definition) is 2. The minimum atomic E-state index is -0.138. The number of amides is 3. The monoisotopic (exact) mass is 773 g/mol. The predicted octanol–water partition coefficient (Wildman–Crippen LogP) is 3.90. The van der Waals surface area contributed by atoms with E-state index in [0.29, 0.717) is 44.5 Å². The number of rotatable bonds is 7. The quantitative estimate of drug-likeness (QED) is 0.229. The van der Waals surface area contributed by atoms with Crippen molar-refractivity contribution in [1.29, 1.82) is 5.26 Å². The van der Waals surface area contributed by atoms with Crippen LogP contribution in [0.2, 0.25) is 0 Å². The molecule has 288 valence electrons. The lowest BCUT2D eigenvalue weighted by atomic mass is 10.00. The number of fused-ring (bicyclic) bond motifs is 2. The van der Waals surface area contributed by atoms with E-state index in [1.54, 1.807) is 22.0 Å². The molecular weight excluding hydrogens is 731 g/mol. The van der Waals surface area contributed by atoms with E-state index < -0.39 is 0 Å². The molecule has 15 nitrogen and oxygen atoms in total. The molecule has 16 heteroatoms. The fraction of sp³-hybridized carbons (Fsp3) is 0.400. The average Bonchev–Trinajstić information content (AvgIpc) is 3.89. The van der Waals surface area contributed by atoms with Crippen LogP contribution in [0, 0.1) is 11.3 Å². The van der Waals surface area contributed by atoms with Crippen molar-refractivity contribution in [3.63, 3.8) is 0 Å². The molecule has 2 N–H and O–H groups in total. The normalized spacial score (nSPS) is 17.8. The second kappa shape index (κ2) is 16.9. The van der Waals surface area contributed by atoms with Gasteiger partial charge in [-0.3, -0.25) is 29.6 Å². The summed E-state index contributed by atoms with van der Waals surface area (Å²) in [6, 6.07) is 18.7. The number of aromatic nitrogens is 5. The smallest absolute Gasteiger partial charge is 0.236 e. The SMILES string of the molecule is N#Cc1cnn2c(-c3cc(NC4CCOCC4)c(-c4nnc(N5CCN(C(=O)CN6CCc7ccccc7C6)CC5)s4)cn3)ccc2c1.O=C1CCCC(=O)N1. The molecule has 0 saturated carbocycles. The van der Waals surface area contributed by atoms with Gasteiger partial charge >= 0.3 is 0 Å². The Morgan fingerprint density at radius 2 is 1.73 bits per heavy atom. The summed E-state index contributed by atoms with van der Waals surface area (Å²) in [5, 5.41) is 30.6. The summed E-state index contributed by atoms with van der Waals surface area (Å²) in [5.41, 5.74) is 7.52. The highest BCUT2D eigenvalue weighted by atomic mass is 32.1. The molecule has 3 amide bonds. The van der Waals surface area contributed by atoms with Gasteiger partial charge in [0.05, 0.1) is 40.8 Å². The Morgan fingerprint density at radius 3 is 2.48 bits per heavy atom. The summed E-state index contributed by atoms with van der Waals surface area (Å²) in [7, 11) is 0. The third-order valence-corrected chi connectivity index (χ3v) is 11.6. The summed E-state index contributed by atoms with van der Waals surface area (Å²) in [5.74, 6) is -0.0825. The molecule has 8 heterocycles. The standard InChI is InChI=1S/C35H36N10O2S.C5H7NO2/c36-19-24-17-28-5-6-32(45(28)38-20-24)31-18-30(39-27-8-15-47-16-9-27)29(21-37-31)34-40-41-35(48-34)44-13-11-43(12-14-44)33(46)23-42-10-7-25-3-1-2-4-26(25)22-42;7-4-2-1-3-5(8)6-4/h1-6,17-18,20-21,27H,7-16,22-23H2,(H,37,39);1-3H2,(H,6,7,8). The molecule has 0 spiro atoms. The van der Waals surface area contributed by atoms with E-state index in [9.17, 15) is 19.6 Å². The van der Waals surface area contributed by atoms with E-state index in [4.69, 9.17) is 9.72 Å². The Bertz CT molecular complexity index is 2260. The fourth-order valence-corrected chi connectivity index (χ4v) is 8.39. The molecule has 5 aromatic rings. The molecule has 0 radical (unpaired) electrons. The van der Waals surface area contributed by atoms with Gasteiger partial charge < -0.3 is 19.9 Å². The van der Waals surface area contributed by atoms with Crippen molar-refractivity contribution in [2.24, 2.45) is 0 Å². The first-order valence-electron chi connectivity index (χ1n) is 19.1. The number of nitriles is 1. The van der Waals surface area contributed by atoms with Crippen LogP contribution in [0.3, 0.4) is 0 Å². The number of anilines is 2. The van der Waals surface area contributed by atoms with E-state index >= 15 is 0 Å². The molecule has 4 aliphatic rings. The molecule has 0 aliphatic carbocycles. The number of nitrogens with one attached hydrogen (secondary N) is 2. The summed E-state index contributed by atoms with van der Waals surface area (Å²) in [6.07, 6.45) is 7.98. The lowest BCUT2D eigenvalue weighted by molar-refractivity contribution is -0.134. The summed E-state index contributed by atoms with van der Waals surface area (Å²) >= 11 is 1.55. The van der Waals surface area contributed by atoms with Crippen molar-refractivity contribution >= 4 is 45.4 Å². The lowest BCUT2D eigenvalue weighted by Gasteiger charge is -2.36. The van der Waals surface area contributed by atoms with Crippen LogP contribution in [0.5, 0.6) is 0 Å². The van der Waals surface area contributed by atoms with Crippen LogP contribution in [0.15, 0.2) is 60.9 Å². The van der Waals surface area contributed by atoms with Gasteiger partial charge in [-0.05, 0) is 61.1 Å². The highest BCUT2D eigenvalue weighted by Gasteiger charge is 2.27. The molecule has 56 heavy (non-hydrogen) atoms. The van der Waals surface area contributed by atoms with Gasteiger partial charge in [0.2, 0.25) is 22.9 Å². The molecule has 0 atom stereocenters. The van der Waals surface area contributed by atoms with E-state index in [0.717, 1.165) is 96.9 Å². The van der Waals surface area contributed by atoms with E-state index in [1.165, 1.54) is 11.1 Å². The average molecular weight is 774 g/mol. The second-order valence-corrected chi connectivity index (χ2v) is 15.3. The van der Waals surface area contributed by atoms with E-state index in [2.05, 4.69) is 72.1 Å². The largest absolute Gasteiger partial charge is 0.381 e. The first-order valence-corrected chi connectivity index (χ1v) is 19.9. The maximum Gasteiger partial charge on any atom is 0.236 e. The van der Waals surface area contributed by atoms with Gasteiger partial charge in [0.1, 0.15) is 6.07 Å². The zero-order valence-electron chi connectivity index (χ0n) is 31.0. The molecular formula is C40H43N11O4S. The van der Waals surface area contributed by atoms with Crippen LogP contribution >= 0.6 is 11.3 Å². The topological polar surface area (TPSA) is 174 Å². The highest BCUT2D eigenvalue weighted by molar-refractivity contribution is 7.18. The molecule has 3 fully saturated rings. The molecule has 9 rings (SSSR count). The molecule has 0 bridgehead atoms. The minimum Gasteiger partial charge on any atom is -0.381 e. The number of ether oxygens (including phenoxy) is 1. The van der Waals surface area contributed by atoms with Crippen LogP contribution < -0.4 is 15.5 Å². The first-order chi connectivity index (χ1) is 27.4. The van der Waals surface area contributed by atoms with Crippen molar-refractivity contribution in [3.8, 4) is 28.0 Å². The number of carbonyl (C=O) groups is 3. The Balaban J connectivity index is 0.000000493. The van der Waals surface area contributed by atoms with Crippen LogP contribution in [0.1, 0.15) is 48.8 Å². The number of pyridine rings is 1. The maximum absolute atomic E-state index is 13.2. The Kier molecular flexibility index (Phi) is 11.2. The Labute approximate surface area is 328 Å². The highest BCUT2D eigenvalue weighted by Crippen LogP contribution is 2.36. The third kappa shape index (κ3) is 8.55. The van der Waals surface area contributed by atoms with Gasteiger partial charge in [0.25, 0.3) is 0 Å². The van der Waals surface area contributed by atoms with E-state index in [-0.39, 0.29) is 23.8 Å². The number of nitrogens with zero attached hydrogens (tertiary/aromatic N) is 9. The lowest BCUT2D eigenvalue weighted by Crippen LogP contribution is -2.51. The minimum absolute atomic E-state index is 0.138. The van der Waals surface area contributed by atoms with Gasteiger partial charge in [0.15, 0.2) is 5.01 Å². The number of benzene rings is 1. The van der Waals surface area contributed by atoms with Crippen molar-refractivity contribution < 1.29 is 19.1 Å². The van der Waals surface area contributed by atoms with Crippen molar-refractivity contribution in [2.45, 2.75) is 51.1 Å². The fourth-order valence-electron chi connectivity index (χ4n) is 7.47. The first kappa shape index (κ1) is 37.2. The predicted molar refractivity (Wildman–Crippen MR) is 211 cm³/mol. The van der Waals surface area contributed by atoms with Crippen molar-refractivity contribution in [3.05, 3.63) is 77.6 Å². The Hall–Kier alpha value is -5.76. The number of piperidine rings is 1. The second-order valence-electron chi connectivity index (χ2n) is 14.4. The molecule has 0 unspecified atom stereocenters. The zero-order chi connectivity index (χ0) is 38.4. The molecule has 3 saturated heterocycles. The summed E-state index contributed by atoms with van der Waals surface area (Å²) in [6.45, 7) is 6.43. The van der Waals surface area contributed by atoms with Crippen molar-refractivity contribution in [2.75, 3.05) is 62.7 Å². The van der Waals surface area contributed by atoms with Crippen LogP contribution in [-0.4, -0.2) is 111 Å². The van der Waals surface area contributed by atoms with Gasteiger partial charge in [-0.1, -0.05) is 35.6 Å². The van der Waals surface area contributed by atoms with Gasteiger partial charge in [-0.25, -0.2) is 4.52 Å². The van der Waals surface area contributed by atoms with Crippen molar-refractivity contribution in [1.82, 2.24) is 39.9 Å². The van der Waals surface area contributed by atoms with Gasteiger partial charge in [-0.15, -0.1) is 10.2 Å². The molecule has 4 aromatic heterocycles. The van der Waals surface area contributed by atoms with E-state index in [1.807, 2.05) is 29.3 Å². The van der Waals surface area contributed by atoms with Crippen LogP contribution in [-0.2, 0) is 32.1 Å². The zero-order valence-corrected chi connectivity index (χ0v) is 31.8. The Morgan fingerprint density at radius 1 is 0.946 bits per heavy atom. The number of piperazine rings is 1.